The predicted octanol–water partition coefficient (Wildman–Crippen LogP) is 5.79. The molecule has 0 aliphatic carbocycles. The van der Waals surface area contributed by atoms with Crippen molar-refractivity contribution in [1.82, 2.24) is 10.2 Å². The quantitative estimate of drug-likeness (QED) is 0.322. The summed E-state index contributed by atoms with van der Waals surface area (Å²) in [5.74, 6) is 0.322. The van der Waals surface area contributed by atoms with Crippen molar-refractivity contribution in [3.05, 3.63) is 79.6 Å². The number of benzene rings is 2. The third-order valence-electron chi connectivity index (χ3n) is 5.63. The number of aromatic nitrogens is 2. The van der Waals surface area contributed by atoms with Crippen molar-refractivity contribution < 1.29 is 13.9 Å². The fraction of sp³-hybridized carbons (Fsp3) is 0.280. The first kappa shape index (κ1) is 22.6. The highest BCUT2D eigenvalue weighted by Gasteiger charge is 2.45. The van der Waals surface area contributed by atoms with Gasteiger partial charge < -0.3 is 9.15 Å². The minimum atomic E-state index is -0.704. The third-order valence-corrected chi connectivity index (χ3v) is 6.84. The molecule has 1 aliphatic rings. The molecule has 174 valence electrons. The second-order valence-corrected chi connectivity index (χ2v) is 9.51. The topological polar surface area (TPSA) is 85.5 Å². The van der Waals surface area contributed by atoms with Crippen LogP contribution in [-0.2, 0) is 6.42 Å². The average molecular weight is 496 g/mol. The molecule has 0 spiro atoms. The first-order valence-corrected chi connectivity index (χ1v) is 12.4. The van der Waals surface area contributed by atoms with Gasteiger partial charge in [-0.1, -0.05) is 48.9 Å². The molecule has 0 fully saturated rings. The summed E-state index contributed by atoms with van der Waals surface area (Å²) in [6.07, 6.45) is 2.58. The van der Waals surface area contributed by atoms with Crippen LogP contribution in [0.5, 0.6) is 5.75 Å². The van der Waals surface area contributed by atoms with E-state index in [0.29, 0.717) is 27.7 Å². The Morgan fingerprint density at radius 2 is 1.88 bits per heavy atom. The molecule has 4 aromatic rings. The van der Waals surface area contributed by atoms with Gasteiger partial charge in [0.1, 0.15) is 16.3 Å². The number of fused-ring (bicyclic) bond motifs is 2. The predicted molar refractivity (Wildman–Crippen MR) is 132 cm³/mol. The van der Waals surface area contributed by atoms with Gasteiger partial charge >= 0.3 is 0 Å². The van der Waals surface area contributed by atoms with Crippen LogP contribution >= 0.6 is 22.9 Å². The Balaban J connectivity index is 1.69. The van der Waals surface area contributed by atoms with Crippen molar-refractivity contribution in [1.29, 1.82) is 0 Å². The van der Waals surface area contributed by atoms with Crippen LogP contribution in [0, 0.1) is 0 Å². The van der Waals surface area contributed by atoms with Crippen molar-refractivity contribution >= 4 is 44.9 Å². The molecule has 34 heavy (non-hydrogen) atoms. The van der Waals surface area contributed by atoms with Crippen LogP contribution in [0.3, 0.4) is 0 Å². The highest BCUT2D eigenvalue weighted by Crippen LogP contribution is 2.42. The Labute approximate surface area is 204 Å². The van der Waals surface area contributed by atoms with Crippen molar-refractivity contribution in [3.63, 3.8) is 0 Å². The Bertz CT molecular complexity index is 1430. The molecule has 0 N–H and O–H groups in total. The highest BCUT2D eigenvalue weighted by atomic mass is 35.5. The number of carbonyl (C=O) groups excluding carboxylic acids is 1. The molecule has 2 aromatic carbocycles. The smallest absolute Gasteiger partial charge is 0.297 e. The minimum absolute atomic E-state index is 0.0170. The van der Waals surface area contributed by atoms with Gasteiger partial charge in [0.15, 0.2) is 5.43 Å². The highest BCUT2D eigenvalue weighted by molar-refractivity contribution is 7.15. The molecular formula is C25H22ClN3O4S. The Hall–Kier alpha value is -3.23. The van der Waals surface area contributed by atoms with E-state index in [-0.39, 0.29) is 16.8 Å². The van der Waals surface area contributed by atoms with Crippen LogP contribution < -0.4 is 15.1 Å². The summed E-state index contributed by atoms with van der Waals surface area (Å²) in [5, 5.41) is 10.5. The van der Waals surface area contributed by atoms with Crippen molar-refractivity contribution in [2.24, 2.45) is 0 Å². The normalized spacial score (nSPS) is 15.2. The summed E-state index contributed by atoms with van der Waals surface area (Å²) >= 11 is 7.50. The van der Waals surface area contributed by atoms with Gasteiger partial charge in [-0.15, -0.1) is 10.2 Å². The fourth-order valence-electron chi connectivity index (χ4n) is 4.08. The molecule has 1 unspecified atom stereocenters. The average Bonchev–Trinajstić information content (AvgIpc) is 3.41. The number of carbonyl (C=O) groups is 1. The summed E-state index contributed by atoms with van der Waals surface area (Å²) in [5.41, 5.74) is 1.05. The van der Waals surface area contributed by atoms with Gasteiger partial charge in [0.25, 0.3) is 5.91 Å². The number of ether oxygens (including phenoxy) is 1. The number of hydrogen-bond acceptors (Lipinski definition) is 7. The largest absolute Gasteiger partial charge is 0.494 e. The van der Waals surface area contributed by atoms with E-state index in [0.717, 1.165) is 35.6 Å². The zero-order chi connectivity index (χ0) is 23.8. The lowest BCUT2D eigenvalue weighted by Crippen LogP contribution is -2.29. The molecule has 7 nitrogen and oxygen atoms in total. The van der Waals surface area contributed by atoms with Crippen molar-refractivity contribution in [2.75, 3.05) is 11.5 Å². The van der Waals surface area contributed by atoms with E-state index in [1.807, 2.05) is 31.2 Å². The van der Waals surface area contributed by atoms with Crippen molar-refractivity contribution in [3.8, 4) is 5.75 Å². The van der Waals surface area contributed by atoms with Gasteiger partial charge in [-0.05, 0) is 48.7 Å². The maximum Gasteiger partial charge on any atom is 0.297 e. The summed E-state index contributed by atoms with van der Waals surface area (Å²) < 4.78 is 11.7. The molecule has 1 amide bonds. The van der Waals surface area contributed by atoms with Crippen LogP contribution in [-0.4, -0.2) is 22.7 Å². The van der Waals surface area contributed by atoms with Crippen LogP contribution in [0.2, 0.25) is 5.02 Å². The second-order valence-electron chi connectivity index (χ2n) is 8.04. The van der Waals surface area contributed by atoms with Crippen molar-refractivity contribution in [2.45, 2.75) is 39.2 Å². The maximum absolute atomic E-state index is 13.6. The van der Waals surface area contributed by atoms with Crippen LogP contribution in [0.25, 0.3) is 11.0 Å². The molecule has 0 saturated heterocycles. The van der Waals surface area contributed by atoms with Crippen LogP contribution in [0.15, 0.2) is 51.7 Å². The lowest BCUT2D eigenvalue weighted by molar-refractivity contribution is 0.0970. The Kier molecular flexibility index (Phi) is 6.10. The molecule has 5 rings (SSSR count). The number of halogens is 1. The van der Waals surface area contributed by atoms with Gasteiger partial charge in [0.05, 0.1) is 23.6 Å². The molecule has 9 heteroatoms. The standard InChI is InChI=1S/C25H22ClN3O4S/c1-3-5-19-27-28-25(34-19)29-21(14-6-9-16(10-7-14)32-12-4-2)20-22(30)17-13-15(26)8-11-18(17)33-23(20)24(29)31/h6-11,13,21H,3-5,12H2,1-2H3. The molecule has 3 heterocycles. The van der Waals surface area contributed by atoms with Crippen LogP contribution in [0.4, 0.5) is 5.13 Å². The number of nitrogens with zero attached hydrogens (tertiary/aromatic N) is 3. The van der Waals surface area contributed by atoms with Crippen LogP contribution in [0.1, 0.15) is 59.4 Å². The number of rotatable bonds is 7. The molecule has 0 radical (unpaired) electrons. The maximum atomic E-state index is 13.6. The summed E-state index contributed by atoms with van der Waals surface area (Å²) in [6.45, 7) is 4.71. The van der Waals surface area contributed by atoms with E-state index in [2.05, 4.69) is 17.1 Å². The minimum Gasteiger partial charge on any atom is -0.494 e. The van der Waals surface area contributed by atoms with Gasteiger partial charge in [0.2, 0.25) is 10.9 Å². The third kappa shape index (κ3) is 3.86. The van der Waals surface area contributed by atoms with Gasteiger partial charge in [-0.25, -0.2) is 0 Å². The number of amides is 1. The first-order chi connectivity index (χ1) is 16.5. The SMILES string of the molecule is CCCOc1ccc(C2c3c(oc4ccc(Cl)cc4c3=O)C(=O)N2c2nnc(CCC)s2)cc1. The molecule has 1 aliphatic heterocycles. The zero-order valence-corrected chi connectivity index (χ0v) is 20.3. The lowest BCUT2D eigenvalue weighted by atomic mass is 9.98. The van der Waals surface area contributed by atoms with E-state index in [1.54, 1.807) is 18.2 Å². The van der Waals surface area contributed by atoms with Gasteiger partial charge in [-0.2, -0.15) is 0 Å². The number of aryl methyl sites for hydroxylation is 1. The van der Waals surface area contributed by atoms with Gasteiger partial charge in [0, 0.05) is 11.4 Å². The second kappa shape index (κ2) is 9.19. The van der Waals surface area contributed by atoms with E-state index in [9.17, 15) is 9.59 Å². The Morgan fingerprint density at radius 3 is 2.62 bits per heavy atom. The zero-order valence-electron chi connectivity index (χ0n) is 18.7. The molecule has 1 atom stereocenters. The van der Waals surface area contributed by atoms with E-state index in [1.165, 1.54) is 16.2 Å². The monoisotopic (exact) mass is 495 g/mol. The summed E-state index contributed by atoms with van der Waals surface area (Å²) in [7, 11) is 0. The molecular weight excluding hydrogens is 474 g/mol. The van der Waals surface area contributed by atoms with Gasteiger partial charge in [-0.3, -0.25) is 14.5 Å². The van der Waals surface area contributed by atoms with E-state index in [4.69, 9.17) is 20.8 Å². The molecule has 2 aromatic heterocycles. The summed E-state index contributed by atoms with van der Waals surface area (Å²) in [4.78, 5) is 28.7. The first-order valence-electron chi connectivity index (χ1n) is 11.2. The van der Waals surface area contributed by atoms with E-state index >= 15 is 0 Å². The number of hydrogen-bond donors (Lipinski definition) is 0. The number of anilines is 1. The van der Waals surface area contributed by atoms with E-state index < -0.39 is 11.9 Å². The Morgan fingerprint density at radius 1 is 1.09 bits per heavy atom. The molecule has 0 saturated carbocycles. The fourth-order valence-corrected chi connectivity index (χ4v) is 5.22. The summed E-state index contributed by atoms with van der Waals surface area (Å²) in [6, 6.07) is 11.5. The molecule has 0 bridgehead atoms. The lowest BCUT2D eigenvalue weighted by Gasteiger charge is -2.22.